The monoisotopic (exact) mass is 416 g/mol. The highest BCUT2D eigenvalue weighted by Gasteiger charge is 2.45. The van der Waals surface area contributed by atoms with Crippen LogP contribution in [0.15, 0.2) is 48.5 Å². The van der Waals surface area contributed by atoms with Crippen molar-refractivity contribution in [3.63, 3.8) is 0 Å². The highest BCUT2D eigenvalue weighted by Crippen LogP contribution is 2.46. The molecule has 2 aromatic carbocycles. The highest BCUT2D eigenvalue weighted by molar-refractivity contribution is 6.35. The molecule has 2 fully saturated rings. The van der Waals surface area contributed by atoms with Crippen molar-refractivity contribution in [3.05, 3.63) is 69.7 Å². The molecule has 1 aliphatic heterocycles. The number of piperidine rings is 1. The zero-order valence-corrected chi connectivity index (χ0v) is 17.5. The summed E-state index contributed by atoms with van der Waals surface area (Å²) in [6, 6.07) is 15.9. The van der Waals surface area contributed by atoms with Crippen LogP contribution < -0.4 is 5.32 Å². The minimum absolute atomic E-state index is 0.0672. The van der Waals surface area contributed by atoms with E-state index in [1.54, 1.807) is 18.2 Å². The van der Waals surface area contributed by atoms with Gasteiger partial charge >= 0.3 is 0 Å². The van der Waals surface area contributed by atoms with E-state index in [4.69, 9.17) is 23.2 Å². The SMILES string of the molecule is O=C(NC1CCCC12CCN(Cc1ccccc1)CC2)c1cc(Cl)cc(Cl)c1. The number of nitrogens with one attached hydrogen (secondary N) is 1. The zero-order chi connectivity index (χ0) is 19.6. The number of benzene rings is 2. The van der Waals surface area contributed by atoms with Gasteiger partial charge in [0.2, 0.25) is 0 Å². The van der Waals surface area contributed by atoms with Gasteiger partial charge in [-0.25, -0.2) is 0 Å². The van der Waals surface area contributed by atoms with Gasteiger partial charge in [0.05, 0.1) is 0 Å². The molecule has 148 valence electrons. The van der Waals surface area contributed by atoms with E-state index >= 15 is 0 Å². The van der Waals surface area contributed by atoms with Gasteiger partial charge in [0.15, 0.2) is 0 Å². The van der Waals surface area contributed by atoms with Crippen LogP contribution in [0.4, 0.5) is 0 Å². The number of nitrogens with zero attached hydrogens (tertiary/aromatic N) is 1. The minimum Gasteiger partial charge on any atom is -0.349 e. The van der Waals surface area contributed by atoms with Crippen molar-refractivity contribution in [2.75, 3.05) is 13.1 Å². The second-order valence-electron chi connectivity index (χ2n) is 8.20. The molecule has 5 heteroatoms. The second-order valence-corrected chi connectivity index (χ2v) is 9.07. The Balaban J connectivity index is 1.39. The largest absolute Gasteiger partial charge is 0.349 e. The number of amides is 1. The first kappa shape index (κ1) is 19.8. The smallest absolute Gasteiger partial charge is 0.251 e. The molecule has 1 heterocycles. The van der Waals surface area contributed by atoms with Crippen LogP contribution in [0.1, 0.15) is 48.0 Å². The van der Waals surface area contributed by atoms with Crippen LogP contribution in [-0.2, 0) is 6.54 Å². The molecule has 2 aromatic rings. The number of likely N-dealkylation sites (tertiary alicyclic amines) is 1. The molecule has 1 N–H and O–H groups in total. The van der Waals surface area contributed by atoms with Crippen LogP contribution in [0.25, 0.3) is 0 Å². The van der Waals surface area contributed by atoms with Gasteiger partial charge in [-0.15, -0.1) is 0 Å². The number of hydrogen-bond acceptors (Lipinski definition) is 2. The topological polar surface area (TPSA) is 32.3 Å². The van der Waals surface area contributed by atoms with E-state index in [1.807, 2.05) is 0 Å². The van der Waals surface area contributed by atoms with Gasteiger partial charge in [-0.2, -0.15) is 0 Å². The number of halogens is 2. The third kappa shape index (κ3) is 4.37. The lowest BCUT2D eigenvalue weighted by Gasteiger charge is -2.43. The van der Waals surface area contributed by atoms with Crippen LogP contribution in [0.5, 0.6) is 0 Å². The van der Waals surface area contributed by atoms with Crippen molar-refractivity contribution in [1.82, 2.24) is 10.2 Å². The first-order valence-corrected chi connectivity index (χ1v) is 10.8. The zero-order valence-electron chi connectivity index (χ0n) is 16.0. The van der Waals surface area contributed by atoms with Gasteiger partial charge in [0.25, 0.3) is 5.91 Å². The van der Waals surface area contributed by atoms with Crippen molar-refractivity contribution in [2.45, 2.75) is 44.7 Å². The Morgan fingerprint density at radius 2 is 1.71 bits per heavy atom. The van der Waals surface area contributed by atoms with E-state index in [2.05, 4.69) is 40.5 Å². The minimum atomic E-state index is -0.0672. The Labute approximate surface area is 177 Å². The molecule has 1 saturated carbocycles. The van der Waals surface area contributed by atoms with E-state index in [0.717, 1.165) is 38.9 Å². The first-order valence-electron chi connectivity index (χ1n) is 10.1. The maximum absolute atomic E-state index is 12.8. The Morgan fingerprint density at radius 3 is 2.39 bits per heavy atom. The Morgan fingerprint density at radius 1 is 1.04 bits per heavy atom. The number of hydrogen-bond donors (Lipinski definition) is 1. The Kier molecular flexibility index (Phi) is 5.96. The molecular formula is C23H26Cl2N2O. The van der Waals surface area contributed by atoms with Crippen molar-refractivity contribution >= 4 is 29.1 Å². The summed E-state index contributed by atoms with van der Waals surface area (Å²) in [5.41, 5.74) is 2.14. The van der Waals surface area contributed by atoms with E-state index < -0.39 is 0 Å². The van der Waals surface area contributed by atoms with Gasteiger partial charge in [0.1, 0.15) is 0 Å². The maximum Gasteiger partial charge on any atom is 0.251 e. The Bertz CT molecular complexity index is 812. The number of carbonyl (C=O) groups excluding carboxylic acids is 1. The van der Waals surface area contributed by atoms with Gasteiger partial charge in [-0.1, -0.05) is 60.0 Å². The predicted molar refractivity (Wildman–Crippen MR) is 115 cm³/mol. The van der Waals surface area contributed by atoms with Gasteiger partial charge in [-0.3, -0.25) is 9.69 Å². The molecule has 1 saturated heterocycles. The van der Waals surface area contributed by atoms with E-state index in [0.29, 0.717) is 15.6 Å². The number of carbonyl (C=O) groups is 1. The fourth-order valence-electron chi connectivity index (χ4n) is 4.89. The summed E-state index contributed by atoms with van der Waals surface area (Å²) in [6.07, 6.45) is 5.72. The molecule has 0 bridgehead atoms. The number of rotatable bonds is 4. The molecule has 0 aromatic heterocycles. The molecule has 1 amide bonds. The molecule has 28 heavy (non-hydrogen) atoms. The van der Waals surface area contributed by atoms with Crippen LogP contribution in [0.3, 0.4) is 0 Å². The quantitative estimate of drug-likeness (QED) is 0.707. The first-order chi connectivity index (χ1) is 13.5. The lowest BCUT2D eigenvalue weighted by atomic mass is 9.74. The van der Waals surface area contributed by atoms with Crippen molar-refractivity contribution < 1.29 is 4.79 Å². The average Bonchev–Trinajstić information content (AvgIpc) is 3.06. The standard InChI is InChI=1S/C23H26Cl2N2O/c24-19-13-18(14-20(25)15-19)22(28)26-21-7-4-8-23(21)9-11-27(12-10-23)16-17-5-2-1-3-6-17/h1-3,5-6,13-15,21H,4,7-12,16H2,(H,26,28). The molecule has 2 aliphatic rings. The molecular weight excluding hydrogens is 391 g/mol. The molecule has 0 radical (unpaired) electrons. The fourth-order valence-corrected chi connectivity index (χ4v) is 5.41. The third-order valence-corrected chi connectivity index (χ3v) is 6.87. The summed E-state index contributed by atoms with van der Waals surface area (Å²) < 4.78 is 0. The highest BCUT2D eigenvalue weighted by atomic mass is 35.5. The van der Waals surface area contributed by atoms with Crippen LogP contribution in [-0.4, -0.2) is 29.9 Å². The van der Waals surface area contributed by atoms with Crippen molar-refractivity contribution in [1.29, 1.82) is 0 Å². The van der Waals surface area contributed by atoms with E-state index in [9.17, 15) is 4.79 Å². The summed E-state index contributed by atoms with van der Waals surface area (Å²) in [4.78, 5) is 15.3. The Hall–Kier alpha value is -1.55. The molecule has 3 nitrogen and oxygen atoms in total. The lowest BCUT2D eigenvalue weighted by molar-refractivity contribution is 0.0685. The van der Waals surface area contributed by atoms with Crippen LogP contribution >= 0.6 is 23.2 Å². The summed E-state index contributed by atoms with van der Waals surface area (Å²) in [6.45, 7) is 3.18. The molecule has 1 atom stereocenters. The van der Waals surface area contributed by atoms with Crippen molar-refractivity contribution in [3.8, 4) is 0 Å². The average molecular weight is 417 g/mol. The fraction of sp³-hybridized carbons (Fsp3) is 0.435. The van der Waals surface area contributed by atoms with E-state index in [-0.39, 0.29) is 17.4 Å². The third-order valence-electron chi connectivity index (χ3n) is 6.44. The van der Waals surface area contributed by atoms with Crippen LogP contribution in [0.2, 0.25) is 10.0 Å². The normalized spacial score (nSPS) is 21.7. The maximum atomic E-state index is 12.8. The van der Waals surface area contributed by atoms with Gasteiger partial charge < -0.3 is 5.32 Å². The summed E-state index contributed by atoms with van der Waals surface area (Å²) in [7, 11) is 0. The van der Waals surface area contributed by atoms with E-state index in [1.165, 1.54) is 18.4 Å². The summed E-state index contributed by atoms with van der Waals surface area (Å²) in [5, 5.41) is 4.29. The molecule has 4 rings (SSSR count). The molecule has 1 unspecified atom stereocenters. The van der Waals surface area contributed by atoms with Crippen molar-refractivity contribution in [2.24, 2.45) is 5.41 Å². The van der Waals surface area contributed by atoms with Gasteiger partial charge in [-0.05, 0) is 68.0 Å². The molecule has 1 spiro atoms. The summed E-state index contributed by atoms with van der Waals surface area (Å²) in [5.74, 6) is -0.0672. The lowest BCUT2D eigenvalue weighted by Crippen LogP contribution is -2.50. The van der Waals surface area contributed by atoms with Crippen LogP contribution in [0, 0.1) is 5.41 Å². The molecule has 1 aliphatic carbocycles. The predicted octanol–water partition coefficient (Wildman–Crippen LogP) is 5.56. The van der Waals surface area contributed by atoms with Gasteiger partial charge in [0, 0.05) is 28.2 Å². The second kappa shape index (κ2) is 8.44. The summed E-state index contributed by atoms with van der Waals surface area (Å²) >= 11 is 12.1.